The Hall–Kier alpha value is -1.84. The zero-order valence-electron chi connectivity index (χ0n) is 12.3. The van der Waals surface area contributed by atoms with Gasteiger partial charge in [0.2, 0.25) is 0 Å². The van der Waals surface area contributed by atoms with E-state index in [-0.39, 0.29) is 17.9 Å². The Morgan fingerprint density at radius 3 is 2.80 bits per heavy atom. The van der Waals surface area contributed by atoms with Crippen LogP contribution in [0.1, 0.15) is 41.3 Å². The highest BCUT2D eigenvalue weighted by atomic mass is 16.6. The van der Waals surface area contributed by atoms with Gasteiger partial charge in [-0.1, -0.05) is 17.7 Å². The van der Waals surface area contributed by atoms with Gasteiger partial charge in [0.25, 0.3) is 0 Å². The van der Waals surface area contributed by atoms with E-state index in [0.29, 0.717) is 25.1 Å². The van der Waals surface area contributed by atoms with Crippen LogP contribution in [0.3, 0.4) is 0 Å². The number of amides is 1. The molecule has 108 valence electrons. The molecular formula is C16H21NO3. The van der Waals surface area contributed by atoms with Crippen LogP contribution in [0.5, 0.6) is 0 Å². The van der Waals surface area contributed by atoms with Crippen LogP contribution in [0, 0.1) is 13.8 Å². The fourth-order valence-electron chi connectivity index (χ4n) is 2.65. The Bertz CT molecular complexity index is 524. The topological polar surface area (TPSA) is 46.6 Å². The SMILES string of the molecule is CCOC(=O)N1CCCC1C(=O)c1cc(C)ccc1C. The first-order valence-corrected chi connectivity index (χ1v) is 7.09. The third-order valence-corrected chi connectivity index (χ3v) is 3.72. The van der Waals surface area contributed by atoms with Gasteiger partial charge in [-0.15, -0.1) is 0 Å². The summed E-state index contributed by atoms with van der Waals surface area (Å²) in [7, 11) is 0. The van der Waals surface area contributed by atoms with Crippen LogP contribution in [0.25, 0.3) is 0 Å². The Kier molecular flexibility index (Phi) is 4.42. The van der Waals surface area contributed by atoms with Gasteiger partial charge in [0.05, 0.1) is 12.6 Å². The van der Waals surface area contributed by atoms with Crippen LogP contribution in [-0.4, -0.2) is 36.0 Å². The second-order valence-electron chi connectivity index (χ2n) is 5.23. The van der Waals surface area contributed by atoms with Crippen molar-refractivity contribution in [2.45, 2.75) is 39.7 Å². The highest BCUT2D eigenvalue weighted by Gasteiger charge is 2.35. The second-order valence-corrected chi connectivity index (χ2v) is 5.23. The average Bonchev–Trinajstić information content (AvgIpc) is 2.90. The van der Waals surface area contributed by atoms with Crippen LogP contribution in [0.4, 0.5) is 4.79 Å². The number of benzene rings is 1. The number of hydrogen-bond acceptors (Lipinski definition) is 3. The molecule has 0 N–H and O–H groups in total. The van der Waals surface area contributed by atoms with E-state index in [0.717, 1.165) is 17.5 Å². The summed E-state index contributed by atoms with van der Waals surface area (Å²) in [6.45, 7) is 6.60. The summed E-state index contributed by atoms with van der Waals surface area (Å²) in [5.74, 6) is 0.0248. The van der Waals surface area contributed by atoms with E-state index >= 15 is 0 Å². The molecule has 1 aromatic rings. The Labute approximate surface area is 119 Å². The number of ketones is 1. The molecule has 1 amide bonds. The molecule has 1 saturated heterocycles. The molecule has 1 heterocycles. The first-order valence-electron chi connectivity index (χ1n) is 7.09. The van der Waals surface area contributed by atoms with Gasteiger partial charge in [-0.05, 0) is 45.2 Å². The van der Waals surface area contributed by atoms with E-state index in [2.05, 4.69) is 0 Å². The van der Waals surface area contributed by atoms with Gasteiger partial charge in [0.15, 0.2) is 5.78 Å². The number of aryl methyl sites for hydroxylation is 2. The molecule has 0 bridgehead atoms. The second kappa shape index (κ2) is 6.07. The van der Waals surface area contributed by atoms with Crippen molar-refractivity contribution in [3.8, 4) is 0 Å². The zero-order valence-corrected chi connectivity index (χ0v) is 12.3. The van der Waals surface area contributed by atoms with E-state index in [9.17, 15) is 9.59 Å². The fraction of sp³-hybridized carbons (Fsp3) is 0.500. The molecule has 0 spiro atoms. The van der Waals surface area contributed by atoms with Gasteiger partial charge in [-0.3, -0.25) is 9.69 Å². The minimum absolute atomic E-state index is 0.0248. The summed E-state index contributed by atoms with van der Waals surface area (Å²) in [4.78, 5) is 26.1. The average molecular weight is 275 g/mol. The first kappa shape index (κ1) is 14.6. The number of rotatable bonds is 3. The molecule has 0 aliphatic carbocycles. The van der Waals surface area contributed by atoms with Crippen LogP contribution in [-0.2, 0) is 4.74 Å². The third-order valence-electron chi connectivity index (χ3n) is 3.72. The number of nitrogens with zero attached hydrogens (tertiary/aromatic N) is 1. The van der Waals surface area contributed by atoms with Gasteiger partial charge in [-0.25, -0.2) is 4.79 Å². The maximum Gasteiger partial charge on any atom is 0.410 e. The van der Waals surface area contributed by atoms with Crippen LogP contribution < -0.4 is 0 Å². The molecular weight excluding hydrogens is 254 g/mol. The fourth-order valence-corrected chi connectivity index (χ4v) is 2.65. The molecule has 1 aliphatic heterocycles. The molecule has 1 atom stereocenters. The minimum Gasteiger partial charge on any atom is -0.450 e. The van der Waals surface area contributed by atoms with Gasteiger partial charge in [0.1, 0.15) is 0 Å². The summed E-state index contributed by atoms with van der Waals surface area (Å²) in [6.07, 6.45) is 1.18. The summed E-state index contributed by atoms with van der Waals surface area (Å²) < 4.78 is 5.03. The standard InChI is InChI=1S/C16H21NO3/c1-4-20-16(19)17-9-5-6-14(17)15(18)13-10-11(2)7-8-12(13)3/h7-8,10,14H,4-6,9H2,1-3H3. The van der Waals surface area contributed by atoms with Gasteiger partial charge < -0.3 is 4.74 Å². The molecule has 1 aliphatic rings. The molecule has 1 unspecified atom stereocenters. The van der Waals surface area contributed by atoms with Crippen LogP contribution in [0.15, 0.2) is 18.2 Å². The molecule has 0 radical (unpaired) electrons. The van der Waals surface area contributed by atoms with Crippen molar-refractivity contribution in [2.24, 2.45) is 0 Å². The zero-order chi connectivity index (χ0) is 14.7. The number of hydrogen-bond donors (Lipinski definition) is 0. The van der Waals surface area contributed by atoms with Crippen LogP contribution >= 0.6 is 0 Å². The van der Waals surface area contributed by atoms with E-state index < -0.39 is 0 Å². The first-order chi connectivity index (χ1) is 9.54. The molecule has 4 heteroatoms. The number of carbonyl (C=O) groups is 2. The molecule has 4 nitrogen and oxygen atoms in total. The molecule has 20 heavy (non-hydrogen) atoms. The quantitative estimate of drug-likeness (QED) is 0.796. The van der Waals surface area contributed by atoms with Crippen molar-refractivity contribution in [3.05, 3.63) is 34.9 Å². The lowest BCUT2D eigenvalue weighted by atomic mass is 9.96. The number of ether oxygens (including phenoxy) is 1. The predicted molar refractivity (Wildman–Crippen MR) is 77.0 cm³/mol. The van der Waals surface area contributed by atoms with Gasteiger partial charge in [-0.2, -0.15) is 0 Å². The molecule has 1 aromatic carbocycles. The summed E-state index contributed by atoms with van der Waals surface area (Å²) in [5.41, 5.74) is 2.72. The minimum atomic E-state index is -0.381. The highest BCUT2D eigenvalue weighted by Crippen LogP contribution is 2.24. The highest BCUT2D eigenvalue weighted by molar-refractivity contribution is 6.03. The van der Waals surface area contributed by atoms with Gasteiger partial charge >= 0.3 is 6.09 Å². The van der Waals surface area contributed by atoms with Crippen molar-refractivity contribution in [1.29, 1.82) is 0 Å². The van der Waals surface area contributed by atoms with Crippen molar-refractivity contribution < 1.29 is 14.3 Å². The maximum absolute atomic E-state index is 12.7. The molecule has 0 saturated carbocycles. The maximum atomic E-state index is 12.7. The van der Waals surface area contributed by atoms with Crippen molar-refractivity contribution in [2.75, 3.05) is 13.2 Å². The smallest absolute Gasteiger partial charge is 0.410 e. The normalized spacial score (nSPS) is 18.1. The summed E-state index contributed by atoms with van der Waals surface area (Å²) >= 11 is 0. The number of Topliss-reactive ketones (excluding diaryl/α,β-unsaturated/α-hetero) is 1. The Morgan fingerprint density at radius 2 is 2.10 bits per heavy atom. The van der Waals surface area contributed by atoms with Crippen molar-refractivity contribution in [3.63, 3.8) is 0 Å². The molecule has 1 fully saturated rings. The summed E-state index contributed by atoms with van der Waals surface area (Å²) in [6, 6.07) is 5.46. The van der Waals surface area contributed by atoms with Crippen LogP contribution in [0.2, 0.25) is 0 Å². The lowest BCUT2D eigenvalue weighted by Gasteiger charge is -2.23. The van der Waals surface area contributed by atoms with E-state index in [1.807, 2.05) is 32.0 Å². The number of carbonyl (C=O) groups excluding carboxylic acids is 2. The molecule has 0 aromatic heterocycles. The van der Waals surface area contributed by atoms with E-state index in [4.69, 9.17) is 4.74 Å². The van der Waals surface area contributed by atoms with Crippen molar-refractivity contribution >= 4 is 11.9 Å². The Balaban J connectivity index is 2.23. The molecule has 2 rings (SSSR count). The monoisotopic (exact) mass is 275 g/mol. The third kappa shape index (κ3) is 2.84. The van der Waals surface area contributed by atoms with Crippen molar-refractivity contribution in [1.82, 2.24) is 4.90 Å². The van der Waals surface area contributed by atoms with E-state index in [1.54, 1.807) is 11.8 Å². The van der Waals surface area contributed by atoms with E-state index in [1.165, 1.54) is 0 Å². The lowest BCUT2D eigenvalue weighted by Crippen LogP contribution is -2.41. The predicted octanol–water partition coefficient (Wildman–Crippen LogP) is 3.11. The summed E-state index contributed by atoms with van der Waals surface area (Å²) in [5, 5.41) is 0. The largest absolute Gasteiger partial charge is 0.450 e. The number of likely N-dealkylation sites (tertiary alicyclic amines) is 1. The lowest BCUT2D eigenvalue weighted by molar-refractivity contribution is 0.0774. The Morgan fingerprint density at radius 1 is 1.35 bits per heavy atom. The van der Waals surface area contributed by atoms with Gasteiger partial charge in [0, 0.05) is 12.1 Å².